The molecule has 4 aliphatic carbocycles. The second kappa shape index (κ2) is 9.91. The Morgan fingerprint density at radius 1 is 1.06 bits per heavy atom. The van der Waals surface area contributed by atoms with Crippen LogP contribution in [-0.2, 0) is 4.79 Å². The quantitative estimate of drug-likeness (QED) is 0.337. The molecule has 4 aliphatic rings. The molecule has 0 bridgehead atoms. The summed E-state index contributed by atoms with van der Waals surface area (Å²) in [6.45, 7) is 15.9. The van der Waals surface area contributed by atoms with Crippen LogP contribution in [0.5, 0.6) is 0 Å². The van der Waals surface area contributed by atoms with Gasteiger partial charge in [0.1, 0.15) is 0 Å². The Hall–Kier alpha value is -0.830. The average molecular weight is 472 g/mol. The molecule has 3 nitrogen and oxygen atoms in total. The molecule has 194 valence electrons. The van der Waals surface area contributed by atoms with Gasteiger partial charge in [0, 0.05) is 12.6 Å². The van der Waals surface area contributed by atoms with Crippen molar-refractivity contribution in [3.63, 3.8) is 0 Å². The Balaban J connectivity index is 1.46. The molecule has 0 radical (unpaired) electrons. The van der Waals surface area contributed by atoms with Gasteiger partial charge < -0.3 is 10.4 Å². The molecule has 34 heavy (non-hydrogen) atoms. The minimum atomic E-state index is -0.699. The van der Waals surface area contributed by atoms with Crippen LogP contribution in [0.3, 0.4) is 0 Å². The zero-order valence-electron chi connectivity index (χ0n) is 23.1. The van der Waals surface area contributed by atoms with Crippen LogP contribution in [0.4, 0.5) is 0 Å². The Bertz CT molecular complexity index is 773. The molecular weight excluding hydrogens is 418 g/mol. The van der Waals surface area contributed by atoms with Crippen molar-refractivity contribution in [1.29, 1.82) is 0 Å². The van der Waals surface area contributed by atoms with Crippen molar-refractivity contribution in [2.75, 3.05) is 6.54 Å². The number of aliphatic carboxylic acids is 1. The fourth-order valence-corrected chi connectivity index (χ4v) is 9.58. The lowest BCUT2D eigenvalue weighted by atomic mass is 9.40. The Kier molecular flexibility index (Phi) is 7.65. The lowest BCUT2D eigenvalue weighted by Crippen LogP contribution is -2.57. The maximum atomic E-state index is 10.9. The number of rotatable bonds is 9. The molecule has 3 fully saturated rings. The second-order valence-corrected chi connectivity index (χ2v) is 14.0. The van der Waals surface area contributed by atoms with E-state index in [-0.39, 0.29) is 6.42 Å². The van der Waals surface area contributed by atoms with Gasteiger partial charge in [-0.05, 0) is 97.2 Å². The van der Waals surface area contributed by atoms with E-state index in [2.05, 4.69) is 52.9 Å². The van der Waals surface area contributed by atoms with E-state index in [4.69, 9.17) is 5.11 Å². The smallest absolute Gasteiger partial charge is 0.304 e. The number of carboxylic acids is 1. The van der Waals surface area contributed by atoms with Crippen LogP contribution < -0.4 is 5.32 Å². The molecular formula is C31H53NO2. The molecule has 0 heterocycles. The first-order valence-electron chi connectivity index (χ1n) is 14.7. The molecule has 0 amide bonds. The number of nitrogens with one attached hydrogen (secondary N) is 1. The van der Waals surface area contributed by atoms with Gasteiger partial charge in [0.25, 0.3) is 0 Å². The summed E-state index contributed by atoms with van der Waals surface area (Å²) in [5.41, 5.74) is 2.97. The van der Waals surface area contributed by atoms with E-state index in [9.17, 15) is 4.79 Å². The van der Waals surface area contributed by atoms with Gasteiger partial charge >= 0.3 is 5.97 Å². The molecule has 3 heteroatoms. The molecule has 0 saturated heterocycles. The van der Waals surface area contributed by atoms with Crippen molar-refractivity contribution in [3.8, 4) is 0 Å². The topological polar surface area (TPSA) is 49.3 Å². The largest absolute Gasteiger partial charge is 0.481 e. The predicted molar refractivity (Wildman–Crippen MR) is 142 cm³/mol. The first-order valence-corrected chi connectivity index (χ1v) is 14.7. The fraction of sp³-hybridized carbons (Fsp3) is 0.903. The number of allylic oxidation sites excluding steroid dienone is 1. The Morgan fingerprint density at radius 3 is 2.53 bits per heavy atom. The number of fused-ring (bicyclic) bond motifs is 5. The third kappa shape index (κ3) is 4.53. The van der Waals surface area contributed by atoms with Crippen molar-refractivity contribution >= 4 is 5.97 Å². The fourth-order valence-electron chi connectivity index (χ4n) is 9.58. The monoisotopic (exact) mass is 471 g/mol. The standard InChI is InChI=1S/C31H53NO2/c1-21(2)8-7-9-22(3)25-12-13-26-27-11-10-23-20-24(32-19-15-28(33)34)14-16-30(23,5)31(27,6)18-17-29(25,26)4/h10,21-22,24-27,32H,7-9,11-20H2,1-6H3,(H,33,34). The Labute approximate surface area is 209 Å². The molecule has 8 unspecified atom stereocenters. The minimum absolute atomic E-state index is 0.226. The Morgan fingerprint density at radius 2 is 1.82 bits per heavy atom. The van der Waals surface area contributed by atoms with E-state index in [1.54, 1.807) is 5.57 Å². The molecule has 8 atom stereocenters. The van der Waals surface area contributed by atoms with Gasteiger partial charge in [-0.1, -0.05) is 72.5 Å². The van der Waals surface area contributed by atoms with E-state index in [0.717, 1.165) is 36.0 Å². The van der Waals surface area contributed by atoms with Gasteiger partial charge in [-0.15, -0.1) is 0 Å². The van der Waals surface area contributed by atoms with Gasteiger partial charge in [-0.25, -0.2) is 0 Å². The van der Waals surface area contributed by atoms with Crippen LogP contribution in [0.25, 0.3) is 0 Å². The lowest BCUT2D eigenvalue weighted by molar-refractivity contribution is -0.136. The summed E-state index contributed by atoms with van der Waals surface area (Å²) in [6.07, 6.45) is 17.7. The number of carbonyl (C=O) groups is 1. The van der Waals surface area contributed by atoms with Crippen molar-refractivity contribution in [2.45, 2.75) is 125 Å². The summed E-state index contributed by atoms with van der Waals surface area (Å²) < 4.78 is 0. The third-order valence-electron chi connectivity index (χ3n) is 11.9. The number of carboxylic acid groups (broad SMARTS) is 1. The number of hydrogen-bond acceptors (Lipinski definition) is 2. The molecule has 2 N–H and O–H groups in total. The van der Waals surface area contributed by atoms with Crippen LogP contribution in [0.15, 0.2) is 11.6 Å². The minimum Gasteiger partial charge on any atom is -0.481 e. The van der Waals surface area contributed by atoms with Crippen LogP contribution in [-0.4, -0.2) is 23.7 Å². The molecule has 0 spiro atoms. The van der Waals surface area contributed by atoms with Gasteiger partial charge in [0.2, 0.25) is 0 Å². The van der Waals surface area contributed by atoms with Crippen LogP contribution in [0.2, 0.25) is 0 Å². The summed E-state index contributed by atoms with van der Waals surface area (Å²) in [7, 11) is 0. The van der Waals surface area contributed by atoms with Crippen LogP contribution >= 0.6 is 0 Å². The summed E-state index contributed by atoms with van der Waals surface area (Å²) >= 11 is 0. The second-order valence-electron chi connectivity index (χ2n) is 14.0. The molecule has 0 aromatic heterocycles. The van der Waals surface area contributed by atoms with Gasteiger partial charge in [0.15, 0.2) is 0 Å². The molecule has 3 saturated carbocycles. The molecule has 4 rings (SSSR count). The van der Waals surface area contributed by atoms with Crippen LogP contribution in [0, 0.1) is 45.8 Å². The van der Waals surface area contributed by atoms with E-state index >= 15 is 0 Å². The normalized spacial score (nSPS) is 42.5. The average Bonchev–Trinajstić information content (AvgIpc) is 3.11. The molecule has 0 aromatic rings. The first-order chi connectivity index (χ1) is 16.0. The van der Waals surface area contributed by atoms with Gasteiger partial charge in [0.05, 0.1) is 6.42 Å². The van der Waals surface area contributed by atoms with E-state index in [1.807, 2.05) is 0 Å². The highest BCUT2D eigenvalue weighted by Gasteiger charge is 2.63. The SMILES string of the molecule is CC(C)CCCC(C)C1CCC2C3CC=C4CC(NCCC(=O)O)CCC4(C)C3(C)CCC12C. The summed E-state index contributed by atoms with van der Waals surface area (Å²) in [5.74, 6) is 3.65. The third-order valence-corrected chi connectivity index (χ3v) is 11.9. The lowest BCUT2D eigenvalue weighted by Gasteiger charge is -2.64. The van der Waals surface area contributed by atoms with Crippen molar-refractivity contribution < 1.29 is 9.90 Å². The van der Waals surface area contributed by atoms with Crippen molar-refractivity contribution in [1.82, 2.24) is 5.32 Å². The summed E-state index contributed by atoms with van der Waals surface area (Å²) in [5, 5.41) is 12.5. The van der Waals surface area contributed by atoms with E-state index in [1.165, 1.54) is 64.2 Å². The maximum absolute atomic E-state index is 10.9. The van der Waals surface area contributed by atoms with Crippen LogP contribution in [0.1, 0.15) is 119 Å². The van der Waals surface area contributed by atoms with E-state index < -0.39 is 5.97 Å². The highest BCUT2D eigenvalue weighted by molar-refractivity contribution is 5.66. The van der Waals surface area contributed by atoms with Crippen molar-refractivity contribution in [3.05, 3.63) is 11.6 Å². The maximum Gasteiger partial charge on any atom is 0.304 e. The van der Waals surface area contributed by atoms with Crippen molar-refractivity contribution in [2.24, 2.45) is 45.8 Å². The van der Waals surface area contributed by atoms with Gasteiger partial charge in [-0.2, -0.15) is 0 Å². The zero-order valence-corrected chi connectivity index (χ0v) is 23.1. The predicted octanol–water partition coefficient (Wildman–Crippen LogP) is 7.85. The summed E-state index contributed by atoms with van der Waals surface area (Å²) in [4.78, 5) is 10.9. The zero-order chi connectivity index (χ0) is 24.7. The number of hydrogen-bond donors (Lipinski definition) is 2. The highest BCUT2D eigenvalue weighted by Crippen LogP contribution is 2.72. The van der Waals surface area contributed by atoms with Gasteiger partial charge in [-0.3, -0.25) is 4.79 Å². The molecule has 0 aliphatic heterocycles. The first kappa shape index (κ1) is 26.2. The molecule has 0 aromatic carbocycles. The van der Waals surface area contributed by atoms with E-state index in [0.29, 0.717) is 28.8 Å². The summed E-state index contributed by atoms with van der Waals surface area (Å²) in [6, 6.07) is 0.454. The highest BCUT2D eigenvalue weighted by atomic mass is 16.4.